The van der Waals surface area contributed by atoms with Crippen molar-refractivity contribution in [2.45, 2.75) is 19.3 Å². The summed E-state index contributed by atoms with van der Waals surface area (Å²) in [5.74, 6) is 0.379. The quantitative estimate of drug-likeness (QED) is 0.265. The highest BCUT2D eigenvalue weighted by Crippen LogP contribution is 2.38. The monoisotopic (exact) mass is 487 g/mol. The smallest absolute Gasteiger partial charge is 0.228 e. The molecular formula is C9H16B29N2O. The summed E-state index contributed by atoms with van der Waals surface area (Å²) >= 11 is 0. The van der Waals surface area contributed by atoms with Crippen molar-refractivity contribution in [1.29, 1.82) is 0 Å². The number of hydrogen-bond acceptors (Lipinski definition) is 2. The van der Waals surface area contributed by atoms with Crippen LogP contribution in [0.1, 0.15) is 19.3 Å². The lowest BCUT2D eigenvalue weighted by Crippen LogP contribution is -2.87. The minimum atomic E-state index is -1.03. The molecule has 1 spiro atoms. The lowest BCUT2D eigenvalue weighted by molar-refractivity contribution is -0.136. The van der Waals surface area contributed by atoms with Gasteiger partial charge in [-0.15, -0.1) is 0 Å². The van der Waals surface area contributed by atoms with Crippen LogP contribution in [0.15, 0.2) is 0 Å². The molecule has 2 aliphatic rings. The van der Waals surface area contributed by atoms with Crippen molar-refractivity contribution < 1.29 is 4.79 Å². The van der Waals surface area contributed by atoms with Crippen LogP contribution in [0.2, 0.25) is 0 Å². The minimum absolute atomic E-state index is 0.0278. The zero-order valence-electron chi connectivity index (χ0n) is 24.3. The van der Waals surface area contributed by atoms with E-state index in [1.165, 1.54) is 7.06 Å². The number of carbonyl (C=O) groups excluding carboxylic acids is 1. The molecule has 32 heteroatoms. The SMILES string of the molecule is CN1CCC2(CCNCC2)C1=O.[B][B]B(B([B])[B])B(B(B([B])[B])B([B])[B])B(B(B([B])[B])B([B])[B])B(B([B])[B])B([B])[B]. The molecule has 0 aromatic rings. The van der Waals surface area contributed by atoms with Gasteiger partial charge >= 0.3 is 0 Å². The summed E-state index contributed by atoms with van der Waals surface area (Å²) in [6.45, 7) is 2.98. The molecule has 0 bridgehead atoms. The summed E-state index contributed by atoms with van der Waals surface area (Å²) in [6, 6.07) is 0. The van der Waals surface area contributed by atoms with E-state index >= 15 is 0 Å². The van der Waals surface area contributed by atoms with Gasteiger partial charge in [0.2, 0.25) is 5.91 Å². The number of amides is 1. The second-order valence-electron chi connectivity index (χ2n) is 11.7. The topological polar surface area (TPSA) is 32.3 Å². The van der Waals surface area contributed by atoms with Crippen LogP contribution in [-0.4, -0.2) is 244 Å². The fourth-order valence-electron chi connectivity index (χ4n) is 6.73. The van der Waals surface area contributed by atoms with Gasteiger partial charge in [0.25, 0.3) is 0 Å². The molecule has 41 heavy (non-hydrogen) atoms. The number of rotatable bonds is 13. The number of nitrogens with one attached hydrogen (secondary N) is 1. The molecule has 1 N–H and O–H groups in total. The summed E-state index contributed by atoms with van der Waals surface area (Å²) in [5.41, 5.74) is 0.0278. The third kappa shape index (κ3) is 10.7. The Morgan fingerprint density at radius 1 is 0.610 bits per heavy atom. The Morgan fingerprint density at radius 3 is 1.24 bits per heavy atom. The van der Waals surface area contributed by atoms with Gasteiger partial charge in [-0.1, -0.05) is 0 Å². The van der Waals surface area contributed by atoms with Gasteiger partial charge in [0.1, 0.15) is 0 Å². The maximum absolute atomic E-state index is 11.8. The van der Waals surface area contributed by atoms with Gasteiger partial charge < -0.3 is 10.2 Å². The van der Waals surface area contributed by atoms with Crippen molar-refractivity contribution in [3.63, 3.8) is 0 Å². The molecule has 2 rings (SSSR count). The van der Waals surface area contributed by atoms with Crippen LogP contribution in [0, 0.1) is 5.41 Å². The van der Waals surface area contributed by atoms with Crippen molar-refractivity contribution in [1.82, 2.24) is 10.2 Å². The highest BCUT2D eigenvalue weighted by Gasteiger charge is 2.51. The Hall–Kier alpha value is 1.31. The average Bonchev–Trinajstić information content (AvgIpc) is 3.11. The zero-order valence-corrected chi connectivity index (χ0v) is 24.3. The predicted octanol–water partition coefficient (Wildman–Crippen LogP) is -10.8. The molecule has 2 aliphatic heterocycles. The second kappa shape index (κ2) is 18.5. The number of likely N-dealkylation sites (tertiary alicyclic amines) is 1. The molecule has 2 saturated heterocycles. The summed E-state index contributed by atoms with van der Waals surface area (Å²) in [7, 11) is 93.1. The number of hydrogen-bond donors (Lipinski definition) is 1. The number of piperidine rings is 1. The van der Waals surface area contributed by atoms with Crippen molar-refractivity contribution in [3.8, 4) is 0 Å². The van der Waals surface area contributed by atoms with Gasteiger partial charge in [0, 0.05) is 220 Å². The average molecular weight is 482 g/mol. The van der Waals surface area contributed by atoms with Crippen LogP contribution < -0.4 is 5.32 Å². The molecule has 2 heterocycles. The molecule has 31 radical (unpaired) electrons. The molecule has 0 aromatic heterocycles. The normalized spacial score (nSPS) is 15.0. The molecule has 0 unspecified atom stereocenters. The molecule has 0 atom stereocenters. The van der Waals surface area contributed by atoms with E-state index in [0.717, 1.165) is 38.9 Å². The highest BCUT2D eigenvalue weighted by atomic mass is 16.2. The number of nitrogens with zero attached hydrogens (tertiary/aromatic N) is 1. The van der Waals surface area contributed by atoms with E-state index in [2.05, 4.69) is 5.32 Å². The first-order valence-electron chi connectivity index (χ1n) is 14.0. The van der Waals surface area contributed by atoms with Gasteiger partial charge in [-0.25, -0.2) is 0 Å². The van der Waals surface area contributed by atoms with E-state index in [9.17, 15) is 4.79 Å². The Labute approximate surface area is 277 Å². The van der Waals surface area contributed by atoms with Gasteiger partial charge in [0.15, 0.2) is 0 Å². The van der Waals surface area contributed by atoms with Gasteiger partial charge in [-0.3, -0.25) is 4.79 Å². The lowest BCUT2D eigenvalue weighted by Gasteiger charge is -2.49. The van der Waals surface area contributed by atoms with Gasteiger partial charge in [-0.05, 0) is 32.4 Å². The largest absolute Gasteiger partial charge is 0.345 e. The molecule has 0 aromatic carbocycles. The first kappa shape index (κ1) is 40.3. The third-order valence-corrected chi connectivity index (χ3v) is 8.84. The molecule has 2 fully saturated rings. The molecule has 1 amide bonds. The van der Waals surface area contributed by atoms with Gasteiger partial charge in [-0.2, -0.15) is 0 Å². The van der Waals surface area contributed by atoms with E-state index in [0.29, 0.717) is 5.91 Å². The Kier molecular flexibility index (Phi) is 18.2. The zero-order chi connectivity index (χ0) is 31.8. The van der Waals surface area contributed by atoms with Crippen LogP contribution in [0.25, 0.3) is 0 Å². The van der Waals surface area contributed by atoms with Crippen molar-refractivity contribution in [2.75, 3.05) is 26.7 Å². The highest BCUT2D eigenvalue weighted by molar-refractivity contribution is 8.26. The van der Waals surface area contributed by atoms with E-state index in [4.69, 9.17) is 116 Å². The Bertz CT molecular complexity index is 711. The molecule has 0 aliphatic carbocycles. The van der Waals surface area contributed by atoms with Crippen LogP contribution in [0.4, 0.5) is 0 Å². The van der Waals surface area contributed by atoms with Crippen LogP contribution >= 0.6 is 0 Å². The predicted molar refractivity (Wildman–Crippen MR) is 214 cm³/mol. The van der Waals surface area contributed by atoms with Crippen molar-refractivity contribution >= 4 is 212 Å². The molecule has 0 saturated carbocycles. The third-order valence-electron chi connectivity index (χ3n) is 8.84. The van der Waals surface area contributed by atoms with Crippen LogP contribution in [-0.2, 0) is 4.79 Å². The summed E-state index contributed by atoms with van der Waals surface area (Å²) in [6.07, 6.45) is -8.72. The van der Waals surface area contributed by atoms with Crippen LogP contribution in [0.5, 0.6) is 0 Å². The molecular weight excluding hydrogens is 466 g/mol. The Morgan fingerprint density at radius 2 is 0.976 bits per heavy atom. The standard InChI is InChI=1S/C9H16N2O.B29/c1-11-7-4-9(8(11)12)2-5-10-6-3-9;1-16-24(17(2)3)28(25(18(4)5)19(6)7)29(26(20(8)9)21(10)11)27(22(12)13)23(14)15/h10H,2-7H2,1H3;. The Balaban J connectivity index is 0.000000570. The van der Waals surface area contributed by atoms with Crippen molar-refractivity contribution in [2.24, 2.45) is 5.41 Å². The van der Waals surface area contributed by atoms with Crippen LogP contribution in [0.3, 0.4) is 0 Å². The minimum Gasteiger partial charge on any atom is -0.345 e. The number of carbonyl (C=O) groups is 1. The summed E-state index contributed by atoms with van der Waals surface area (Å²) < 4.78 is 0. The fourth-order valence-corrected chi connectivity index (χ4v) is 6.73. The van der Waals surface area contributed by atoms with E-state index in [1.807, 2.05) is 11.9 Å². The lowest BCUT2D eigenvalue weighted by atomic mass is 8.32. The molecule has 3 nitrogen and oxygen atoms in total. The summed E-state index contributed by atoms with van der Waals surface area (Å²) in [5, 5.41) is 3.30. The second-order valence-corrected chi connectivity index (χ2v) is 11.7. The van der Waals surface area contributed by atoms with Gasteiger partial charge in [0.05, 0.1) is 5.41 Å². The van der Waals surface area contributed by atoms with E-state index < -0.39 is 83.0 Å². The maximum atomic E-state index is 11.8. The summed E-state index contributed by atoms with van der Waals surface area (Å²) in [4.78, 5) is 13.7. The first-order valence-corrected chi connectivity index (χ1v) is 14.0. The maximum Gasteiger partial charge on any atom is 0.228 e. The fraction of sp³-hybridized carbons (Fsp3) is 0.889. The van der Waals surface area contributed by atoms with E-state index in [1.54, 1.807) is 0 Å². The first-order chi connectivity index (χ1) is 18.9. The van der Waals surface area contributed by atoms with E-state index in [-0.39, 0.29) is 5.41 Å². The molecule has 155 valence electrons. The van der Waals surface area contributed by atoms with Crippen molar-refractivity contribution in [3.05, 3.63) is 0 Å².